The second-order valence-corrected chi connectivity index (χ2v) is 11.4. The van der Waals surface area contributed by atoms with Gasteiger partial charge in [0.15, 0.2) is 5.78 Å². The van der Waals surface area contributed by atoms with Crippen molar-refractivity contribution in [3.8, 4) is 28.3 Å². The van der Waals surface area contributed by atoms with Crippen molar-refractivity contribution in [3.05, 3.63) is 53.6 Å². The van der Waals surface area contributed by atoms with Crippen LogP contribution < -0.4 is 15.5 Å². The molecule has 0 radical (unpaired) electrons. The Morgan fingerprint density at radius 2 is 1.64 bits per heavy atom. The molecule has 2 aromatic carbocycles. The molecule has 1 aliphatic carbocycles. The van der Waals surface area contributed by atoms with Gasteiger partial charge in [0.1, 0.15) is 18.1 Å². The molecule has 0 spiro atoms. The first-order valence-electron chi connectivity index (χ1n) is 14.8. The van der Waals surface area contributed by atoms with E-state index in [0.29, 0.717) is 73.1 Å². The number of rotatable bonds is 9. The topological polar surface area (TPSA) is 126 Å². The second kappa shape index (κ2) is 15.1. The lowest BCUT2D eigenvalue weighted by atomic mass is 10.0. The van der Waals surface area contributed by atoms with Crippen LogP contribution in [0.15, 0.2) is 42.5 Å². The summed E-state index contributed by atoms with van der Waals surface area (Å²) in [5.74, 6) is 0.653. The quantitative estimate of drug-likeness (QED) is 0.250. The number of amides is 3. The second-order valence-electron chi connectivity index (χ2n) is 11.4. The van der Waals surface area contributed by atoms with E-state index in [-0.39, 0.29) is 36.5 Å². The van der Waals surface area contributed by atoms with Crippen LogP contribution >= 0.6 is 24.8 Å². The molecular formula is C31H40Cl2N8O4. The predicted molar refractivity (Wildman–Crippen MR) is 177 cm³/mol. The van der Waals surface area contributed by atoms with Crippen molar-refractivity contribution in [2.75, 3.05) is 78.4 Å². The molecule has 45 heavy (non-hydrogen) atoms. The fourth-order valence-corrected chi connectivity index (χ4v) is 5.85. The molecule has 3 aromatic rings. The van der Waals surface area contributed by atoms with Crippen molar-refractivity contribution >= 4 is 48.2 Å². The number of anilines is 1. The van der Waals surface area contributed by atoms with Crippen molar-refractivity contribution in [3.63, 3.8) is 0 Å². The van der Waals surface area contributed by atoms with E-state index in [0.717, 1.165) is 30.9 Å². The molecule has 242 valence electrons. The molecule has 2 saturated heterocycles. The highest BCUT2D eigenvalue weighted by atomic mass is 35.5. The van der Waals surface area contributed by atoms with Gasteiger partial charge in [0, 0.05) is 57.9 Å². The average molecular weight is 660 g/mol. The number of hydrogen-bond donors (Lipinski definition) is 3. The van der Waals surface area contributed by atoms with Crippen LogP contribution in [0.3, 0.4) is 0 Å². The minimum absolute atomic E-state index is 0. The number of H-pyrrole nitrogens is 1. The van der Waals surface area contributed by atoms with Gasteiger partial charge in [-0.25, -0.2) is 9.80 Å². The third kappa shape index (κ3) is 7.59. The van der Waals surface area contributed by atoms with Gasteiger partial charge in [0.2, 0.25) is 5.91 Å². The first kappa shape index (κ1) is 34.2. The largest absolute Gasteiger partial charge is 0.492 e. The monoisotopic (exact) mass is 658 g/mol. The zero-order valence-corrected chi connectivity index (χ0v) is 27.1. The van der Waals surface area contributed by atoms with E-state index in [1.165, 1.54) is 12.8 Å². The van der Waals surface area contributed by atoms with E-state index in [1.807, 2.05) is 41.4 Å². The number of likely N-dealkylation sites (tertiary alicyclic amines) is 1. The summed E-state index contributed by atoms with van der Waals surface area (Å²) in [6.07, 6.45) is 2.52. The van der Waals surface area contributed by atoms with Gasteiger partial charge in [-0.1, -0.05) is 12.1 Å². The van der Waals surface area contributed by atoms with Crippen LogP contribution in [-0.4, -0.2) is 121 Å². The highest BCUT2D eigenvalue weighted by Crippen LogP contribution is 2.43. The summed E-state index contributed by atoms with van der Waals surface area (Å²) in [5.41, 5.74) is 6.98. The van der Waals surface area contributed by atoms with E-state index >= 15 is 0 Å². The molecule has 1 aromatic heterocycles. The van der Waals surface area contributed by atoms with E-state index in [9.17, 15) is 14.4 Å². The Bertz CT molecular complexity index is 1500. The maximum atomic E-state index is 13.7. The van der Waals surface area contributed by atoms with Crippen molar-refractivity contribution < 1.29 is 19.1 Å². The molecule has 0 saturated carbocycles. The molecular weight excluding hydrogens is 619 g/mol. The normalized spacial score (nSPS) is 16.3. The number of nitrogens with one attached hydrogen (secondary N) is 3. The number of piperazine rings is 1. The molecule has 3 aliphatic rings. The zero-order valence-electron chi connectivity index (χ0n) is 25.5. The van der Waals surface area contributed by atoms with E-state index in [1.54, 1.807) is 25.1 Å². The average Bonchev–Trinajstić information content (AvgIpc) is 3.74. The highest BCUT2D eigenvalue weighted by molar-refractivity contribution is 6.26. The summed E-state index contributed by atoms with van der Waals surface area (Å²) >= 11 is 0. The Labute approximate surface area is 275 Å². The van der Waals surface area contributed by atoms with Gasteiger partial charge in [-0.15, -0.1) is 24.8 Å². The molecule has 0 unspecified atom stereocenters. The fraction of sp³-hybridized carbons (Fsp3) is 0.419. The SMILES string of the molecule is CN(C)C(=O)CN1CCN(NC(=O)Nc2cccc3c2C(=O)c2c(-c4ccc(OCCN5CCCC5)cc4)n[nH]c2-3)CC1.Cl.Cl. The van der Waals surface area contributed by atoms with Gasteiger partial charge in [0.25, 0.3) is 0 Å². The number of fused-ring (bicyclic) bond motifs is 3. The highest BCUT2D eigenvalue weighted by Gasteiger charge is 2.35. The number of carbonyl (C=O) groups excluding carboxylic acids is 3. The van der Waals surface area contributed by atoms with Crippen LogP contribution in [0, 0.1) is 0 Å². The lowest BCUT2D eigenvalue weighted by molar-refractivity contribution is -0.130. The van der Waals surface area contributed by atoms with Gasteiger partial charge in [0.05, 0.1) is 29.1 Å². The predicted octanol–water partition coefficient (Wildman–Crippen LogP) is 3.35. The standard InChI is InChI=1S/C31H38N8O4.2ClH/c1-36(2)25(40)20-38-14-16-39(17-15-38)35-31(42)32-24-7-5-6-23-26(24)30(41)27-28(33-34-29(23)27)21-8-10-22(11-9-21)43-19-18-37-12-3-4-13-37;;/h5-11H,3-4,12-20H2,1-2H3,(H,33,34)(H2,32,35,42);2*1H. The lowest BCUT2D eigenvalue weighted by Crippen LogP contribution is -2.55. The Morgan fingerprint density at radius 1 is 0.933 bits per heavy atom. The number of halogens is 2. The van der Waals surface area contributed by atoms with Crippen LogP contribution in [0.2, 0.25) is 0 Å². The van der Waals surface area contributed by atoms with Crippen LogP contribution in [0.5, 0.6) is 5.75 Å². The van der Waals surface area contributed by atoms with Gasteiger partial charge >= 0.3 is 6.03 Å². The summed E-state index contributed by atoms with van der Waals surface area (Å²) in [6.45, 7) is 6.70. The molecule has 0 atom stereocenters. The number of urea groups is 1. The molecule has 2 aliphatic heterocycles. The first-order valence-corrected chi connectivity index (χ1v) is 14.8. The van der Waals surface area contributed by atoms with Gasteiger partial charge in [-0.2, -0.15) is 5.10 Å². The summed E-state index contributed by atoms with van der Waals surface area (Å²) in [5, 5.41) is 12.2. The maximum Gasteiger partial charge on any atom is 0.333 e. The summed E-state index contributed by atoms with van der Waals surface area (Å²) in [6, 6.07) is 12.6. The third-order valence-corrected chi connectivity index (χ3v) is 8.29. The van der Waals surface area contributed by atoms with Crippen molar-refractivity contribution in [2.45, 2.75) is 12.8 Å². The molecule has 3 N–H and O–H groups in total. The molecule has 3 amide bonds. The molecule has 12 nitrogen and oxygen atoms in total. The Kier molecular flexibility index (Phi) is 11.5. The minimum atomic E-state index is -0.423. The van der Waals surface area contributed by atoms with Crippen molar-refractivity contribution in [2.24, 2.45) is 0 Å². The molecule has 0 bridgehead atoms. The van der Waals surface area contributed by atoms with Crippen LogP contribution in [0.25, 0.3) is 22.5 Å². The number of likely N-dealkylation sites (N-methyl/N-ethyl adjacent to an activating group) is 1. The van der Waals surface area contributed by atoms with E-state index in [2.05, 4.69) is 30.7 Å². The lowest BCUT2D eigenvalue weighted by Gasteiger charge is -2.34. The van der Waals surface area contributed by atoms with Crippen LogP contribution in [0.4, 0.5) is 10.5 Å². The summed E-state index contributed by atoms with van der Waals surface area (Å²) < 4.78 is 5.94. The summed E-state index contributed by atoms with van der Waals surface area (Å²) in [4.78, 5) is 44.7. The Balaban J connectivity index is 0.00000230. The molecule has 6 rings (SSSR count). The number of hydrogen-bond acceptors (Lipinski definition) is 8. The molecule has 14 heteroatoms. The van der Waals surface area contributed by atoms with Crippen LogP contribution in [0.1, 0.15) is 28.8 Å². The number of benzene rings is 2. The fourth-order valence-electron chi connectivity index (χ4n) is 5.85. The number of aromatic amines is 1. The number of hydrazine groups is 1. The van der Waals surface area contributed by atoms with Gasteiger partial charge < -0.3 is 15.0 Å². The van der Waals surface area contributed by atoms with Gasteiger partial charge in [-0.3, -0.25) is 29.9 Å². The smallest absolute Gasteiger partial charge is 0.333 e. The zero-order chi connectivity index (χ0) is 29.9. The summed E-state index contributed by atoms with van der Waals surface area (Å²) in [7, 11) is 3.49. The minimum Gasteiger partial charge on any atom is -0.492 e. The number of ketones is 1. The number of aromatic nitrogens is 2. The van der Waals surface area contributed by atoms with Crippen molar-refractivity contribution in [1.82, 2.24) is 35.3 Å². The van der Waals surface area contributed by atoms with Crippen LogP contribution in [-0.2, 0) is 4.79 Å². The third-order valence-electron chi connectivity index (χ3n) is 8.29. The number of nitrogens with zero attached hydrogens (tertiary/aromatic N) is 5. The van der Waals surface area contributed by atoms with Gasteiger partial charge in [-0.05, 0) is 56.3 Å². The Hall–Kier alpha value is -3.68. The van der Waals surface area contributed by atoms with E-state index in [4.69, 9.17) is 4.74 Å². The molecule has 3 heterocycles. The molecule has 2 fully saturated rings. The Morgan fingerprint density at radius 3 is 2.33 bits per heavy atom. The van der Waals surface area contributed by atoms with Crippen molar-refractivity contribution in [1.29, 1.82) is 0 Å². The number of carbonyl (C=O) groups is 3. The number of ether oxygens (including phenoxy) is 1. The first-order chi connectivity index (χ1) is 20.9. The maximum absolute atomic E-state index is 13.7. The van der Waals surface area contributed by atoms with E-state index < -0.39 is 6.03 Å².